The molecule has 1 aromatic carbocycles. The van der Waals surface area contributed by atoms with Gasteiger partial charge < -0.3 is 9.47 Å². The molecule has 0 aromatic heterocycles. The van der Waals surface area contributed by atoms with Crippen LogP contribution in [0.2, 0.25) is 0 Å². The molecular weight excluding hydrogens is 201 g/mol. The zero-order valence-corrected chi connectivity index (χ0v) is 7.99. The molecule has 0 aliphatic rings. The largest absolute Gasteiger partial charge is 0.480 e. The molecule has 78 valence electrons. The molecular formula is C10H8FNO3. The molecule has 15 heavy (non-hydrogen) atoms. The number of ether oxygens (including phenoxy) is 2. The highest BCUT2D eigenvalue weighted by atomic mass is 19.1. The lowest BCUT2D eigenvalue weighted by Gasteiger charge is -2.06. The maximum Gasteiger partial charge on any atom is 0.343 e. The van der Waals surface area contributed by atoms with E-state index in [1.807, 2.05) is 0 Å². The summed E-state index contributed by atoms with van der Waals surface area (Å²) in [6.07, 6.45) is 0. The molecule has 0 heterocycles. The summed E-state index contributed by atoms with van der Waals surface area (Å²) in [5.74, 6) is -1.24. The van der Waals surface area contributed by atoms with Crippen molar-refractivity contribution in [2.45, 2.75) is 0 Å². The number of hydrogen-bond donors (Lipinski definition) is 0. The van der Waals surface area contributed by atoms with Crippen LogP contribution in [0.4, 0.5) is 4.39 Å². The van der Waals surface area contributed by atoms with Crippen molar-refractivity contribution in [1.29, 1.82) is 5.26 Å². The van der Waals surface area contributed by atoms with Gasteiger partial charge in [0.2, 0.25) is 0 Å². The Hall–Kier alpha value is -2.09. The highest BCUT2D eigenvalue weighted by molar-refractivity contribution is 5.71. The van der Waals surface area contributed by atoms with Crippen LogP contribution < -0.4 is 4.74 Å². The molecule has 0 saturated heterocycles. The third kappa shape index (κ3) is 2.68. The second-order valence-electron chi connectivity index (χ2n) is 2.59. The van der Waals surface area contributed by atoms with Gasteiger partial charge in [-0.1, -0.05) is 6.07 Å². The number of nitrogens with zero attached hydrogens (tertiary/aromatic N) is 1. The van der Waals surface area contributed by atoms with Gasteiger partial charge in [0.1, 0.15) is 23.2 Å². The smallest absolute Gasteiger partial charge is 0.343 e. The first-order chi connectivity index (χ1) is 7.19. The molecule has 0 unspecified atom stereocenters. The molecule has 0 saturated carbocycles. The van der Waals surface area contributed by atoms with Crippen LogP contribution in [0.5, 0.6) is 5.75 Å². The van der Waals surface area contributed by atoms with Gasteiger partial charge >= 0.3 is 5.97 Å². The summed E-state index contributed by atoms with van der Waals surface area (Å²) in [7, 11) is 1.21. The maximum absolute atomic E-state index is 13.0. The van der Waals surface area contributed by atoms with E-state index in [1.54, 1.807) is 6.07 Å². The molecule has 1 rings (SSSR count). The molecule has 0 bridgehead atoms. The minimum atomic E-state index is -0.681. The quantitative estimate of drug-likeness (QED) is 0.703. The Morgan fingerprint density at radius 2 is 2.33 bits per heavy atom. The van der Waals surface area contributed by atoms with E-state index in [0.29, 0.717) is 0 Å². The van der Waals surface area contributed by atoms with Gasteiger partial charge in [-0.3, -0.25) is 0 Å². The number of benzene rings is 1. The van der Waals surface area contributed by atoms with Crippen LogP contribution in [-0.4, -0.2) is 19.7 Å². The summed E-state index contributed by atoms with van der Waals surface area (Å²) in [5.41, 5.74) is -0.221. The van der Waals surface area contributed by atoms with Crippen LogP contribution in [0.3, 0.4) is 0 Å². The monoisotopic (exact) mass is 209 g/mol. The minimum absolute atomic E-state index is 0.0305. The predicted octanol–water partition coefficient (Wildman–Crippen LogP) is 1.25. The van der Waals surface area contributed by atoms with E-state index in [9.17, 15) is 9.18 Å². The molecule has 0 aliphatic heterocycles. The minimum Gasteiger partial charge on any atom is -0.480 e. The lowest BCUT2D eigenvalue weighted by Crippen LogP contribution is -2.13. The number of esters is 1. The van der Waals surface area contributed by atoms with Crippen molar-refractivity contribution in [1.82, 2.24) is 0 Å². The second-order valence-corrected chi connectivity index (χ2v) is 2.59. The third-order valence-electron chi connectivity index (χ3n) is 1.66. The van der Waals surface area contributed by atoms with Crippen LogP contribution in [0.15, 0.2) is 18.2 Å². The van der Waals surface area contributed by atoms with Crippen LogP contribution in [-0.2, 0) is 9.53 Å². The van der Waals surface area contributed by atoms with Gasteiger partial charge in [0.15, 0.2) is 6.61 Å². The van der Waals surface area contributed by atoms with E-state index < -0.39 is 11.8 Å². The highest BCUT2D eigenvalue weighted by Crippen LogP contribution is 2.20. The van der Waals surface area contributed by atoms with Gasteiger partial charge in [-0.2, -0.15) is 5.26 Å². The molecule has 0 aliphatic carbocycles. The van der Waals surface area contributed by atoms with Crippen LogP contribution in [0, 0.1) is 17.1 Å². The van der Waals surface area contributed by atoms with E-state index in [4.69, 9.17) is 10.00 Å². The SMILES string of the molecule is COC(=O)COc1cccc(F)c1C#N. The molecule has 0 fully saturated rings. The standard InChI is InChI=1S/C10H8FNO3/c1-14-10(13)6-15-9-4-2-3-8(11)7(9)5-12/h2-4H,6H2,1H3. The van der Waals surface area contributed by atoms with Crippen molar-refractivity contribution in [3.8, 4) is 11.8 Å². The van der Waals surface area contributed by atoms with E-state index in [2.05, 4.69) is 4.74 Å². The second kappa shape index (κ2) is 4.96. The molecule has 4 nitrogen and oxygen atoms in total. The molecule has 0 atom stereocenters. The van der Waals surface area contributed by atoms with Gasteiger partial charge in [0, 0.05) is 0 Å². The van der Waals surface area contributed by atoms with Crippen LogP contribution in [0.25, 0.3) is 0 Å². The molecule has 1 aromatic rings. The number of methoxy groups -OCH3 is 1. The lowest BCUT2D eigenvalue weighted by atomic mass is 10.2. The first-order valence-corrected chi connectivity index (χ1v) is 4.07. The Kier molecular flexibility index (Phi) is 3.63. The Labute approximate surface area is 85.8 Å². The van der Waals surface area contributed by atoms with Crippen molar-refractivity contribution in [3.05, 3.63) is 29.6 Å². The van der Waals surface area contributed by atoms with E-state index >= 15 is 0 Å². The zero-order valence-electron chi connectivity index (χ0n) is 7.99. The van der Waals surface area contributed by atoms with Gasteiger partial charge in [-0.15, -0.1) is 0 Å². The summed E-state index contributed by atoms with van der Waals surface area (Å²) in [6, 6.07) is 5.59. The van der Waals surface area contributed by atoms with Crippen LogP contribution >= 0.6 is 0 Å². The van der Waals surface area contributed by atoms with E-state index in [0.717, 1.165) is 6.07 Å². The fourth-order valence-corrected chi connectivity index (χ4v) is 0.929. The summed E-state index contributed by atoms with van der Waals surface area (Å²) < 4.78 is 22.3. The molecule has 0 N–H and O–H groups in total. The van der Waals surface area contributed by atoms with Gasteiger partial charge in [0.05, 0.1) is 7.11 Å². The van der Waals surface area contributed by atoms with Gasteiger partial charge in [-0.25, -0.2) is 9.18 Å². The number of halogens is 1. The topological polar surface area (TPSA) is 59.3 Å². The first-order valence-electron chi connectivity index (χ1n) is 4.07. The third-order valence-corrected chi connectivity index (χ3v) is 1.66. The summed E-state index contributed by atoms with van der Waals surface area (Å²) in [6.45, 7) is -0.353. The number of carbonyl (C=O) groups excluding carboxylic acids is 1. The predicted molar refractivity (Wildman–Crippen MR) is 48.6 cm³/mol. The first kappa shape index (κ1) is 11.0. The van der Waals surface area contributed by atoms with Gasteiger partial charge in [0.25, 0.3) is 0 Å². The highest BCUT2D eigenvalue weighted by Gasteiger charge is 2.10. The van der Waals surface area contributed by atoms with Crippen molar-refractivity contribution in [3.63, 3.8) is 0 Å². The van der Waals surface area contributed by atoms with Crippen molar-refractivity contribution in [2.75, 3.05) is 13.7 Å². The Morgan fingerprint density at radius 3 is 2.93 bits per heavy atom. The summed E-state index contributed by atoms with van der Waals surface area (Å²) in [4.78, 5) is 10.7. The summed E-state index contributed by atoms with van der Waals surface area (Å²) >= 11 is 0. The van der Waals surface area contributed by atoms with Gasteiger partial charge in [-0.05, 0) is 12.1 Å². The normalized spacial score (nSPS) is 9.13. The average Bonchev–Trinajstić information content (AvgIpc) is 2.25. The van der Waals surface area contributed by atoms with Crippen molar-refractivity contribution < 1.29 is 18.7 Å². The molecule has 5 heteroatoms. The number of rotatable bonds is 3. The number of hydrogen-bond acceptors (Lipinski definition) is 4. The molecule has 0 spiro atoms. The molecule has 0 amide bonds. The van der Waals surface area contributed by atoms with Crippen LogP contribution in [0.1, 0.15) is 5.56 Å². The Balaban J connectivity index is 2.82. The lowest BCUT2D eigenvalue weighted by molar-refractivity contribution is -0.142. The Morgan fingerprint density at radius 1 is 1.60 bits per heavy atom. The van der Waals surface area contributed by atoms with Crippen molar-refractivity contribution >= 4 is 5.97 Å². The number of carbonyl (C=O) groups is 1. The summed E-state index contributed by atoms with van der Waals surface area (Å²) in [5, 5.41) is 8.64. The number of nitriles is 1. The maximum atomic E-state index is 13.0. The molecule has 0 radical (unpaired) electrons. The zero-order chi connectivity index (χ0) is 11.3. The van der Waals surface area contributed by atoms with Crippen molar-refractivity contribution in [2.24, 2.45) is 0 Å². The average molecular weight is 209 g/mol. The van der Waals surface area contributed by atoms with E-state index in [-0.39, 0.29) is 17.9 Å². The Bertz CT molecular complexity index is 412. The van der Waals surface area contributed by atoms with E-state index in [1.165, 1.54) is 19.2 Å². The fraction of sp³-hybridized carbons (Fsp3) is 0.200. The fourth-order valence-electron chi connectivity index (χ4n) is 0.929.